The summed E-state index contributed by atoms with van der Waals surface area (Å²) in [7, 11) is 4.34. The largest absolute Gasteiger partial charge is 0.395 e. The highest BCUT2D eigenvalue weighted by Gasteiger charge is 2.41. The third-order valence-electron chi connectivity index (χ3n) is 6.40. The SMILES string of the molecule is CN(C)CCC[N+]1(C2CCNCC2)CCC(N(CCO)CCO)CC1. The summed E-state index contributed by atoms with van der Waals surface area (Å²) >= 11 is 0. The standard InChI is InChI=1S/C19H41N4O2/c1-21(2)10-3-13-23(19-4-8-20-9-5-19)14-6-18(7-15-23)22(11-16-24)12-17-25/h18-20,24-25H,3-17H2,1-2H3/q+1. The predicted molar refractivity (Wildman–Crippen MR) is 103 cm³/mol. The molecule has 3 N–H and O–H groups in total. The van der Waals surface area contributed by atoms with Gasteiger partial charge >= 0.3 is 0 Å². The van der Waals surface area contributed by atoms with Gasteiger partial charge in [-0.3, -0.25) is 4.90 Å². The van der Waals surface area contributed by atoms with Crippen molar-refractivity contribution < 1.29 is 14.7 Å². The molecule has 2 fully saturated rings. The summed E-state index contributed by atoms with van der Waals surface area (Å²) in [5.41, 5.74) is 0. The maximum atomic E-state index is 9.33. The molecule has 2 aliphatic rings. The average Bonchev–Trinajstić information content (AvgIpc) is 2.62. The smallest absolute Gasteiger partial charge is 0.0914 e. The molecule has 2 aliphatic heterocycles. The molecule has 0 unspecified atom stereocenters. The number of hydrogen-bond acceptors (Lipinski definition) is 5. The summed E-state index contributed by atoms with van der Waals surface area (Å²) in [5, 5.41) is 22.2. The Hall–Kier alpha value is -0.240. The lowest BCUT2D eigenvalue weighted by atomic mass is 9.93. The van der Waals surface area contributed by atoms with Crippen LogP contribution in [0.3, 0.4) is 0 Å². The minimum absolute atomic E-state index is 0.188. The third kappa shape index (κ3) is 6.15. The van der Waals surface area contributed by atoms with E-state index < -0.39 is 0 Å². The van der Waals surface area contributed by atoms with Crippen LogP contribution in [0.15, 0.2) is 0 Å². The van der Waals surface area contributed by atoms with Crippen LogP contribution >= 0.6 is 0 Å². The van der Waals surface area contributed by atoms with E-state index >= 15 is 0 Å². The van der Waals surface area contributed by atoms with Gasteiger partial charge in [0.05, 0.1) is 38.9 Å². The summed E-state index contributed by atoms with van der Waals surface area (Å²) < 4.78 is 1.30. The molecular weight excluding hydrogens is 316 g/mol. The van der Waals surface area contributed by atoms with Crippen molar-refractivity contribution in [2.75, 3.05) is 79.7 Å². The van der Waals surface area contributed by atoms with Crippen LogP contribution in [0.1, 0.15) is 32.1 Å². The second-order valence-corrected chi connectivity index (χ2v) is 8.24. The maximum Gasteiger partial charge on any atom is 0.0914 e. The fourth-order valence-electron chi connectivity index (χ4n) is 4.99. The van der Waals surface area contributed by atoms with Crippen molar-refractivity contribution in [3.05, 3.63) is 0 Å². The van der Waals surface area contributed by atoms with E-state index in [0.717, 1.165) is 6.04 Å². The fourth-order valence-corrected chi connectivity index (χ4v) is 4.99. The molecule has 0 radical (unpaired) electrons. The molecule has 6 nitrogen and oxygen atoms in total. The van der Waals surface area contributed by atoms with E-state index in [1.165, 1.54) is 75.9 Å². The van der Waals surface area contributed by atoms with E-state index in [1.54, 1.807) is 0 Å². The molecule has 0 atom stereocenters. The van der Waals surface area contributed by atoms with Gasteiger partial charge in [-0.1, -0.05) is 0 Å². The van der Waals surface area contributed by atoms with E-state index in [4.69, 9.17) is 0 Å². The van der Waals surface area contributed by atoms with Crippen molar-refractivity contribution in [3.63, 3.8) is 0 Å². The highest BCUT2D eigenvalue weighted by Crippen LogP contribution is 2.30. The zero-order chi connectivity index (χ0) is 18.1. The van der Waals surface area contributed by atoms with E-state index in [1.807, 2.05) is 0 Å². The second-order valence-electron chi connectivity index (χ2n) is 8.24. The van der Waals surface area contributed by atoms with Crippen LogP contribution in [0.2, 0.25) is 0 Å². The van der Waals surface area contributed by atoms with E-state index in [9.17, 15) is 10.2 Å². The first-order chi connectivity index (χ1) is 12.1. The Balaban J connectivity index is 1.97. The molecule has 2 saturated heterocycles. The number of likely N-dealkylation sites (tertiary alicyclic amines) is 1. The van der Waals surface area contributed by atoms with Crippen molar-refractivity contribution in [3.8, 4) is 0 Å². The van der Waals surface area contributed by atoms with Crippen molar-refractivity contribution >= 4 is 0 Å². The number of piperidine rings is 2. The molecule has 6 heteroatoms. The fraction of sp³-hybridized carbons (Fsp3) is 1.00. The molecule has 25 heavy (non-hydrogen) atoms. The summed E-state index contributed by atoms with van der Waals surface area (Å²) in [6.45, 7) is 9.10. The highest BCUT2D eigenvalue weighted by molar-refractivity contribution is 4.79. The lowest BCUT2D eigenvalue weighted by Gasteiger charge is -2.51. The topological polar surface area (TPSA) is 59.0 Å². The Morgan fingerprint density at radius 3 is 2.04 bits per heavy atom. The quantitative estimate of drug-likeness (QED) is 0.479. The zero-order valence-corrected chi connectivity index (χ0v) is 16.5. The van der Waals surface area contributed by atoms with E-state index in [-0.39, 0.29) is 13.2 Å². The van der Waals surface area contributed by atoms with Gasteiger partial charge in [-0.25, -0.2) is 0 Å². The van der Waals surface area contributed by atoms with Gasteiger partial charge in [0.15, 0.2) is 0 Å². The Kier molecular flexibility index (Phi) is 9.10. The molecule has 0 aromatic rings. The Bertz CT molecular complexity index is 347. The van der Waals surface area contributed by atoms with Gasteiger partial charge in [-0.2, -0.15) is 0 Å². The normalized spacial score (nSPS) is 28.8. The Morgan fingerprint density at radius 2 is 1.52 bits per heavy atom. The van der Waals surface area contributed by atoms with Gasteiger partial charge < -0.3 is 24.9 Å². The van der Waals surface area contributed by atoms with Crippen molar-refractivity contribution in [2.45, 2.75) is 44.2 Å². The number of hydrogen-bond donors (Lipinski definition) is 3. The maximum absolute atomic E-state index is 9.33. The van der Waals surface area contributed by atoms with Gasteiger partial charge in [0.1, 0.15) is 0 Å². The number of aliphatic hydroxyl groups excluding tert-OH is 2. The van der Waals surface area contributed by atoms with Crippen LogP contribution in [0, 0.1) is 0 Å². The average molecular weight is 358 g/mol. The minimum atomic E-state index is 0.188. The zero-order valence-electron chi connectivity index (χ0n) is 16.5. The second kappa shape index (κ2) is 10.8. The molecular formula is C19H41N4O2+. The van der Waals surface area contributed by atoms with Gasteiger partial charge in [0.25, 0.3) is 0 Å². The molecule has 0 spiro atoms. The van der Waals surface area contributed by atoms with Gasteiger partial charge in [-0.15, -0.1) is 0 Å². The van der Waals surface area contributed by atoms with E-state index in [0.29, 0.717) is 19.1 Å². The summed E-state index contributed by atoms with van der Waals surface area (Å²) in [6.07, 6.45) is 6.30. The van der Waals surface area contributed by atoms with Crippen LogP contribution in [-0.4, -0.2) is 116 Å². The molecule has 0 aromatic heterocycles. The van der Waals surface area contributed by atoms with Crippen molar-refractivity contribution in [1.29, 1.82) is 0 Å². The molecule has 2 heterocycles. The van der Waals surface area contributed by atoms with Gasteiger partial charge in [0, 0.05) is 70.9 Å². The third-order valence-corrected chi connectivity index (χ3v) is 6.40. The lowest BCUT2D eigenvalue weighted by molar-refractivity contribution is -0.957. The number of quaternary nitrogens is 1. The molecule has 148 valence electrons. The first kappa shape index (κ1) is 21.1. The molecule has 2 rings (SSSR count). The summed E-state index contributed by atoms with van der Waals surface area (Å²) in [6, 6.07) is 1.34. The van der Waals surface area contributed by atoms with Crippen LogP contribution in [0.25, 0.3) is 0 Å². The van der Waals surface area contributed by atoms with Gasteiger partial charge in [0.2, 0.25) is 0 Å². The van der Waals surface area contributed by atoms with Gasteiger partial charge in [-0.05, 0) is 14.1 Å². The first-order valence-electron chi connectivity index (χ1n) is 10.3. The Morgan fingerprint density at radius 1 is 0.920 bits per heavy atom. The van der Waals surface area contributed by atoms with Crippen LogP contribution < -0.4 is 5.32 Å². The number of rotatable bonds is 10. The summed E-state index contributed by atoms with van der Waals surface area (Å²) in [5.74, 6) is 0. The number of nitrogens with zero attached hydrogens (tertiary/aromatic N) is 3. The van der Waals surface area contributed by atoms with Crippen LogP contribution in [0.4, 0.5) is 0 Å². The van der Waals surface area contributed by atoms with Crippen LogP contribution in [0.5, 0.6) is 0 Å². The monoisotopic (exact) mass is 357 g/mol. The highest BCUT2D eigenvalue weighted by atomic mass is 16.3. The molecule has 0 aliphatic carbocycles. The summed E-state index contributed by atoms with van der Waals surface area (Å²) in [4.78, 5) is 4.60. The predicted octanol–water partition coefficient (Wildman–Crippen LogP) is -0.0441. The Labute approximate surface area is 154 Å². The minimum Gasteiger partial charge on any atom is -0.395 e. The molecule has 0 saturated carbocycles. The number of aliphatic hydroxyl groups is 2. The molecule has 0 amide bonds. The van der Waals surface area contributed by atoms with Crippen molar-refractivity contribution in [2.24, 2.45) is 0 Å². The molecule has 0 aromatic carbocycles. The first-order valence-corrected chi connectivity index (χ1v) is 10.3. The van der Waals surface area contributed by atoms with E-state index in [2.05, 4.69) is 29.2 Å². The number of nitrogens with one attached hydrogen (secondary N) is 1. The van der Waals surface area contributed by atoms with Crippen molar-refractivity contribution in [1.82, 2.24) is 15.1 Å². The lowest BCUT2D eigenvalue weighted by Crippen LogP contribution is -2.64. The van der Waals surface area contributed by atoms with Crippen LogP contribution in [-0.2, 0) is 0 Å². The molecule has 0 bridgehead atoms.